The molecule has 17 heavy (non-hydrogen) atoms. The highest BCUT2D eigenvalue weighted by Crippen LogP contribution is 2.24. The standard InChI is InChI=1S/C12H18N4O/c1-9(17)10-4-5-16(7-10)12-6-11(15(2)3)13-8-14-12/h6,8,10H,4-5,7H2,1-3H3/t10-/m1/s1. The molecule has 1 atom stereocenters. The molecule has 1 aromatic rings. The predicted molar refractivity (Wildman–Crippen MR) is 67.4 cm³/mol. The molecule has 0 unspecified atom stereocenters. The van der Waals surface area contributed by atoms with E-state index in [0.29, 0.717) is 0 Å². The Morgan fingerprint density at radius 1 is 1.47 bits per heavy atom. The van der Waals surface area contributed by atoms with E-state index in [0.717, 1.165) is 31.1 Å². The fourth-order valence-electron chi connectivity index (χ4n) is 2.05. The van der Waals surface area contributed by atoms with Crippen LogP contribution >= 0.6 is 0 Å². The predicted octanol–water partition coefficient (Wildman–Crippen LogP) is 0.958. The van der Waals surface area contributed by atoms with E-state index in [1.807, 2.05) is 25.1 Å². The lowest BCUT2D eigenvalue weighted by Gasteiger charge is -2.19. The number of hydrogen-bond donors (Lipinski definition) is 0. The fraction of sp³-hybridized carbons (Fsp3) is 0.583. The smallest absolute Gasteiger partial charge is 0.134 e. The van der Waals surface area contributed by atoms with Crippen LogP contribution in [0.2, 0.25) is 0 Å². The third-order valence-electron chi connectivity index (χ3n) is 3.18. The molecule has 1 aliphatic rings. The Labute approximate surface area is 101 Å². The number of anilines is 2. The largest absolute Gasteiger partial charge is 0.363 e. The summed E-state index contributed by atoms with van der Waals surface area (Å²) in [7, 11) is 3.91. The first kappa shape index (κ1) is 11.8. The summed E-state index contributed by atoms with van der Waals surface area (Å²) in [6.07, 6.45) is 2.50. The number of carbonyl (C=O) groups is 1. The van der Waals surface area contributed by atoms with Gasteiger partial charge in [-0.1, -0.05) is 0 Å². The van der Waals surface area contributed by atoms with Gasteiger partial charge in [0.1, 0.15) is 23.7 Å². The van der Waals surface area contributed by atoms with Crippen LogP contribution in [0.15, 0.2) is 12.4 Å². The molecular formula is C12H18N4O. The second-order valence-corrected chi connectivity index (χ2v) is 4.67. The highest BCUT2D eigenvalue weighted by atomic mass is 16.1. The van der Waals surface area contributed by atoms with Gasteiger partial charge >= 0.3 is 0 Å². The number of hydrogen-bond acceptors (Lipinski definition) is 5. The van der Waals surface area contributed by atoms with Crippen LogP contribution in [0.1, 0.15) is 13.3 Å². The van der Waals surface area contributed by atoms with E-state index in [-0.39, 0.29) is 11.7 Å². The number of ketones is 1. The lowest BCUT2D eigenvalue weighted by molar-refractivity contribution is -0.120. The van der Waals surface area contributed by atoms with Gasteiger partial charge in [0.2, 0.25) is 0 Å². The number of carbonyl (C=O) groups excluding carboxylic acids is 1. The molecular weight excluding hydrogens is 216 g/mol. The molecule has 1 saturated heterocycles. The zero-order valence-corrected chi connectivity index (χ0v) is 10.6. The molecule has 2 heterocycles. The van der Waals surface area contributed by atoms with Gasteiger partial charge in [0.25, 0.3) is 0 Å². The minimum atomic E-state index is 0.160. The van der Waals surface area contributed by atoms with E-state index >= 15 is 0 Å². The van der Waals surface area contributed by atoms with Crippen molar-refractivity contribution < 1.29 is 4.79 Å². The maximum atomic E-state index is 11.3. The normalized spacial score (nSPS) is 19.5. The molecule has 0 aliphatic carbocycles. The second kappa shape index (κ2) is 4.69. The quantitative estimate of drug-likeness (QED) is 0.779. The maximum Gasteiger partial charge on any atom is 0.134 e. The Hall–Kier alpha value is -1.65. The molecule has 0 N–H and O–H groups in total. The summed E-state index contributed by atoms with van der Waals surface area (Å²) >= 11 is 0. The molecule has 92 valence electrons. The summed E-state index contributed by atoms with van der Waals surface area (Å²) in [5.74, 6) is 2.23. The SMILES string of the molecule is CC(=O)[C@@H]1CCN(c2cc(N(C)C)ncn2)C1. The zero-order chi connectivity index (χ0) is 12.4. The van der Waals surface area contributed by atoms with E-state index in [4.69, 9.17) is 0 Å². The Balaban J connectivity index is 2.13. The number of aromatic nitrogens is 2. The van der Waals surface area contributed by atoms with Gasteiger partial charge in [0.15, 0.2) is 0 Å². The van der Waals surface area contributed by atoms with Gasteiger partial charge in [0.05, 0.1) is 0 Å². The van der Waals surface area contributed by atoms with Gasteiger partial charge in [-0.05, 0) is 13.3 Å². The fourth-order valence-corrected chi connectivity index (χ4v) is 2.05. The first-order valence-electron chi connectivity index (χ1n) is 5.82. The lowest BCUT2D eigenvalue weighted by atomic mass is 10.1. The first-order chi connectivity index (χ1) is 8.08. The van der Waals surface area contributed by atoms with Gasteiger partial charge < -0.3 is 9.80 Å². The van der Waals surface area contributed by atoms with Crippen molar-refractivity contribution in [1.82, 2.24) is 9.97 Å². The van der Waals surface area contributed by atoms with Crippen molar-refractivity contribution in [3.63, 3.8) is 0 Å². The van der Waals surface area contributed by atoms with Gasteiger partial charge in [-0.15, -0.1) is 0 Å². The molecule has 5 nitrogen and oxygen atoms in total. The van der Waals surface area contributed by atoms with Gasteiger partial charge in [-0.2, -0.15) is 0 Å². The van der Waals surface area contributed by atoms with Crippen LogP contribution in [-0.2, 0) is 4.79 Å². The Morgan fingerprint density at radius 2 is 2.24 bits per heavy atom. The van der Waals surface area contributed by atoms with Crippen molar-refractivity contribution in [3.05, 3.63) is 12.4 Å². The van der Waals surface area contributed by atoms with Crippen molar-refractivity contribution in [1.29, 1.82) is 0 Å². The Bertz CT molecular complexity index is 419. The monoisotopic (exact) mass is 234 g/mol. The molecule has 5 heteroatoms. The average Bonchev–Trinajstić information content (AvgIpc) is 2.78. The highest BCUT2D eigenvalue weighted by molar-refractivity contribution is 5.79. The van der Waals surface area contributed by atoms with Crippen molar-refractivity contribution in [2.45, 2.75) is 13.3 Å². The van der Waals surface area contributed by atoms with Crippen molar-refractivity contribution in [2.75, 3.05) is 37.0 Å². The average molecular weight is 234 g/mol. The third kappa shape index (κ3) is 2.54. The molecule has 2 rings (SSSR count). The van der Waals surface area contributed by atoms with Crippen LogP contribution in [0.5, 0.6) is 0 Å². The summed E-state index contributed by atoms with van der Waals surface area (Å²) in [5, 5.41) is 0. The second-order valence-electron chi connectivity index (χ2n) is 4.67. The van der Waals surface area contributed by atoms with E-state index < -0.39 is 0 Å². The van der Waals surface area contributed by atoms with Crippen LogP contribution in [0, 0.1) is 5.92 Å². The van der Waals surface area contributed by atoms with Crippen LogP contribution < -0.4 is 9.80 Å². The molecule has 0 bridgehead atoms. The number of rotatable bonds is 3. The minimum Gasteiger partial charge on any atom is -0.363 e. The van der Waals surface area contributed by atoms with E-state index in [1.54, 1.807) is 13.3 Å². The van der Waals surface area contributed by atoms with E-state index in [9.17, 15) is 4.79 Å². The number of Topliss-reactive ketones (excluding diaryl/α,β-unsaturated/α-hetero) is 1. The molecule has 0 radical (unpaired) electrons. The van der Waals surface area contributed by atoms with Gasteiger partial charge in [-0.25, -0.2) is 9.97 Å². The van der Waals surface area contributed by atoms with Crippen molar-refractivity contribution >= 4 is 17.4 Å². The highest BCUT2D eigenvalue weighted by Gasteiger charge is 2.26. The van der Waals surface area contributed by atoms with Crippen LogP contribution in [-0.4, -0.2) is 42.9 Å². The van der Waals surface area contributed by atoms with Crippen LogP contribution in [0.4, 0.5) is 11.6 Å². The van der Waals surface area contributed by atoms with E-state index in [2.05, 4.69) is 14.9 Å². The van der Waals surface area contributed by atoms with Crippen LogP contribution in [0.25, 0.3) is 0 Å². The van der Waals surface area contributed by atoms with Crippen molar-refractivity contribution in [2.24, 2.45) is 5.92 Å². The molecule has 1 aromatic heterocycles. The Kier molecular flexibility index (Phi) is 3.26. The maximum absolute atomic E-state index is 11.3. The van der Waals surface area contributed by atoms with Gasteiger partial charge in [0, 0.05) is 39.2 Å². The third-order valence-corrected chi connectivity index (χ3v) is 3.18. The summed E-state index contributed by atoms with van der Waals surface area (Å²) in [4.78, 5) is 23.9. The first-order valence-corrected chi connectivity index (χ1v) is 5.82. The summed E-state index contributed by atoms with van der Waals surface area (Å²) in [6, 6.07) is 1.96. The molecule has 0 saturated carbocycles. The molecule has 1 fully saturated rings. The summed E-state index contributed by atoms with van der Waals surface area (Å²) in [6.45, 7) is 3.34. The molecule has 1 aliphatic heterocycles. The summed E-state index contributed by atoms with van der Waals surface area (Å²) < 4.78 is 0. The zero-order valence-electron chi connectivity index (χ0n) is 10.6. The van der Waals surface area contributed by atoms with Crippen LogP contribution in [0.3, 0.4) is 0 Å². The molecule has 0 aromatic carbocycles. The lowest BCUT2D eigenvalue weighted by Crippen LogP contribution is -2.23. The van der Waals surface area contributed by atoms with Gasteiger partial charge in [-0.3, -0.25) is 4.79 Å². The number of nitrogens with zero attached hydrogens (tertiary/aromatic N) is 4. The van der Waals surface area contributed by atoms with Crippen molar-refractivity contribution in [3.8, 4) is 0 Å². The van der Waals surface area contributed by atoms with E-state index in [1.165, 1.54) is 0 Å². The Morgan fingerprint density at radius 3 is 2.82 bits per heavy atom. The topological polar surface area (TPSA) is 49.3 Å². The molecule has 0 amide bonds. The molecule has 0 spiro atoms. The summed E-state index contributed by atoms with van der Waals surface area (Å²) in [5.41, 5.74) is 0. The minimum absolute atomic E-state index is 0.160.